The molecule has 2 aliphatic carbocycles. The maximum atomic E-state index is 15.9. The molecule has 2 aliphatic heterocycles. The summed E-state index contributed by atoms with van der Waals surface area (Å²) in [6, 6.07) is 4.86. The minimum atomic E-state index is -0.560. The van der Waals surface area contributed by atoms with Gasteiger partial charge in [-0.25, -0.2) is 4.39 Å². The molecule has 0 radical (unpaired) electrons. The van der Waals surface area contributed by atoms with Crippen molar-refractivity contribution in [3.05, 3.63) is 35.1 Å². The quantitative estimate of drug-likeness (QED) is 0.521. The van der Waals surface area contributed by atoms with Gasteiger partial charge in [-0.2, -0.15) is 0 Å². The molecule has 4 aliphatic rings. The molecule has 5 nitrogen and oxygen atoms in total. The second-order valence-electron chi connectivity index (χ2n) is 12.4. The van der Waals surface area contributed by atoms with Gasteiger partial charge in [0.2, 0.25) is 5.91 Å². The Morgan fingerprint density at radius 2 is 1.64 bits per heavy atom. The summed E-state index contributed by atoms with van der Waals surface area (Å²) in [5.74, 6) is -0.707. The number of rotatable bonds is 7. The lowest BCUT2D eigenvalue weighted by molar-refractivity contribution is -0.141. The highest BCUT2D eigenvalue weighted by molar-refractivity contribution is 5.98. The number of nitrogens with zero attached hydrogens (tertiary/aromatic N) is 1. The van der Waals surface area contributed by atoms with Crippen LogP contribution in [0.2, 0.25) is 0 Å². The molecule has 6 heteroatoms. The first-order chi connectivity index (χ1) is 17.2. The number of piperidine rings is 1. The average Bonchev–Trinajstić information content (AvgIpc) is 3.57. The van der Waals surface area contributed by atoms with Gasteiger partial charge in [-0.1, -0.05) is 52.2 Å². The molecule has 4 fully saturated rings. The van der Waals surface area contributed by atoms with Crippen molar-refractivity contribution in [3.63, 3.8) is 0 Å². The fourth-order valence-electron chi connectivity index (χ4n) is 6.98. The van der Waals surface area contributed by atoms with Crippen molar-refractivity contribution in [2.75, 3.05) is 0 Å². The van der Waals surface area contributed by atoms with E-state index >= 15 is 4.39 Å². The first-order valence-corrected chi connectivity index (χ1v) is 14.2. The number of hydrogen-bond donors (Lipinski definition) is 1. The Morgan fingerprint density at radius 3 is 2.22 bits per heavy atom. The van der Waals surface area contributed by atoms with Crippen LogP contribution in [0.15, 0.2) is 18.2 Å². The van der Waals surface area contributed by atoms with Crippen LogP contribution >= 0.6 is 0 Å². The summed E-state index contributed by atoms with van der Waals surface area (Å²) in [6.07, 6.45) is 10.5. The van der Waals surface area contributed by atoms with E-state index in [0.717, 1.165) is 70.6 Å². The van der Waals surface area contributed by atoms with Crippen LogP contribution in [0.25, 0.3) is 0 Å². The molecule has 0 aromatic heterocycles. The molecular formula is C30H41FN2O3. The number of hydrogen-bond acceptors (Lipinski definition) is 3. The maximum Gasteiger partial charge on any atom is 0.254 e. The molecule has 1 aromatic rings. The topological polar surface area (TPSA) is 66.5 Å². The van der Waals surface area contributed by atoms with Gasteiger partial charge in [0.15, 0.2) is 5.78 Å². The van der Waals surface area contributed by atoms with E-state index in [-0.39, 0.29) is 52.5 Å². The molecular weight excluding hydrogens is 455 g/mol. The van der Waals surface area contributed by atoms with Crippen molar-refractivity contribution in [2.24, 2.45) is 17.3 Å². The van der Waals surface area contributed by atoms with Crippen LogP contribution in [-0.2, 0) is 9.59 Å². The van der Waals surface area contributed by atoms with Crippen molar-refractivity contribution < 1.29 is 18.8 Å². The average molecular weight is 497 g/mol. The summed E-state index contributed by atoms with van der Waals surface area (Å²) in [4.78, 5) is 41.6. The maximum absolute atomic E-state index is 15.9. The molecule has 0 spiro atoms. The number of Topliss-reactive ketones (excluding diaryl/α,β-unsaturated/α-hetero) is 1. The van der Waals surface area contributed by atoms with Gasteiger partial charge in [-0.05, 0) is 74.8 Å². The molecule has 5 rings (SSSR count). The number of fused-ring (bicyclic) bond motifs is 2. The summed E-state index contributed by atoms with van der Waals surface area (Å²) in [6.45, 7) is 5.79. The standard InChI is InChI=1S/C30H41FN2O3/c1-18(2)27(34)26(19-8-5-4-6-9-19)32-28(35)24-11-7-10-23(25(24)31)20-16-21-12-13-22(17-20)33(21)29(36)30(3)14-15-30/h7,10-11,18-22,26H,4-6,8-9,12-17H2,1-3H3,(H,32,35)/t20?,21?,22?,26-/m1/s1. The van der Waals surface area contributed by atoms with Crippen molar-refractivity contribution >= 4 is 17.6 Å². The summed E-state index contributed by atoms with van der Waals surface area (Å²) in [7, 11) is 0. The third-order valence-electron chi connectivity index (χ3n) is 9.48. The molecule has 3 atom stereocenters. The van der Waals surface area contributed by atoms with Crippen molar-refractivity contribution in [1.82, 2.24) is 10.2 Å². The number of ketones is 1. The number of carbonyl (C=O) groups excluding carboxylic acids is 3. The molecule has 1 N–H and O–H groups in total. The van der Waals surface area contributed by atoms with Gasteiger partial charge in [0.05, 0.1) is 11.6 Å². The van der Waals surface area contributed by atoms with Gasteiger partial charge in [0.1, 0.15) is 5.82 Å². The number of halogens is 1. The van der Waals surface area contributed by atoms with Gasteiger partial charge in [0.25, 0.3) is 5.91 Å². The Morgan fingerprint density at radius 1 is 1.00 bits per heavy atom. The molecule has 196 valence electrons. The Kier molecular flexibility index (Phi) is 6.99. The Balaban J connectivity index is 1.33. The highest BCUT2D eigenvalue weighted by atomic mass is 19.1. The Hall–Kier alpha value is -2.24. The molecule has 36 heavy (non-hydrogen) atoms. The molecule has 2 saturated carbocycles. The van der Waals surface area contributed by atoms with Crippen LogP contribution in [0.5, 0.6) is 0 Å². The van der Waals surface area contributed by atoms with Crippen molar-refractivity contribution in [2.45, 2.75) is 115 Å². The van der Waals surface area contributed by atoms with E-state index in [4.69, 9.17) is 0 Å². The van der Waals surface area contributed by atoms with E-state index < -0.39 is 17.8 Å². The molecule has 1 aromatic carbocycles. The summed E-state index contributed by atoms with van der Waals surface area (Å²) in [5.41, 5.74) is 0.425. The minimum Gasteiger partial charge on any atom is -0.342 e. The fourth-order valence-corrected chi connectivity index (χ4v) is 6.98. The molecule has 2 saturated heterocycles. The van der Waals surface area contributed by atoms with Crippen LogP contribution in [0, 0.1) is 23.1 Å². The summed E-state index contributed by atoms with van der Waals surface area (Å²) in [5, 5.41) is 2.95. The predicted octanol–water partition coefficient (Wildman–Crippen LogP) is 5.77. The van der Waals surface area contributed by atoms with Crippen molar-refractivity contribution in [1.29, 1.82) is 0 Å². The van der Waals surface area contributed by atoms with Gasteiger partial charge < -0.3 is 10.2 Å². The SMILES string of the molecule is CC(C)C(=O)[C@H](NC(=O)c1cccc(C2CC3CCC(C2)N3C(=O)C2(C)CC2)c1F)C1CCCCC1. The minimum absolute atomic E-state index is 0.00209. The second kappa shape index (κ2) is 9.90. The van der Waals surface area contributed by atoms with Crippen LogP contribution < -0.4 is 5.32 Å². The Bertz CT molecular complexity index is 1010. The lowest BCUT2D eigenvalue weighted by Gasteiger charge is -2.40. The van der Waals surface area contributed by atoms with Gasteiger partial charge in [-0.3, -0.25) is 14.4 Å². The summed E-state index contributed by atoms with van der Waals surface area (Å²) < 4.78 is 15.9. The number of amides is 2. The van der Waals surface area contributed by atoms with E-state index in [9.17, 15) is 14.4 Å². The smallest absolute Gasteiger partial charge is 0.254 e. The molecule has 2 amide bonds. The molecule has 2 unspecified atom stereocenters. The largest absolute Gasteiger partial charge is 0.342 e. The zero-order chi connectivity index (χ0) is 25.6. The van der Waals surface area contributed by atoms with Gasteiger partial charge in [0, 0.05) is 23.4 Å². The predicted molar refractivity (Wildman–Crippen MR) is 137 cm³/mol. The lowest BCUT2D eigenvalue weighted by atomic mass is 9.80. The van der Waals surface area contributed by atoms with E-state index in [1.165, 1.54) is 6.07 Å². The van der Waals surface area contributed by atoms with Crippen LogP contribution in [0.3, 0.4) is 0 Å². The van der Waals surface area contributed by atoms with E-state index in [1.54, 1.807) is 12.1 Å². The zero-order valence-electron chi connectivity index (χ0n) is 22.0. The van der Waals surface area contributed by atoms with E-state index in [0.29, 0.717) is 5.56 Å². The zero-order valence-corrected chi connectivity index (χ0v) is 22.0. The third-order valence-corrected chi connectivity index (χ3v) is 9.48. The van der Waals surface area contributed by atoms with E-state index in [1.807, 2.05) is 13.8 Å². The fraction of sp³-hybridized carbons (Fsp3) is 0.700. The van der Waals surface area contributed by atoms with Gasteiger partial charge >= 0.3 is 0 Å². The summed E-state index contributed by atoms with van der Waals surface area (Å²) >= 11 is 0. The third kappa shape index (κ3) is 4.72. The van der Waals surface area contributed by atoms with Crippen LogP contribution in [0.4, 0.5) is 4.39 Å². The monoisotopic (exact) mass is 496 g/mol. The second-order valence-corrected chi connectivity index (χ2v) is 12.4. The van der Waals surface area contributed by atoms with Crippen molar-refractivity contribution in [3.8, 4) is 0 Å². The number of nitrogens with one attached hydrogen (secondary N) is 1. The number of benzene rings is 1. The first kappa shape index (κ1) is 25.4. The Labute approximate surface area is 214 Å². The normalized spacial score (nSPS) is 28.1. The number of carbonyl (C=O) groups is 3. The first-order valence-electron chi connectivity index (χ1n) is 14.2. The van der Waals surface area contributed by atoms with E-state index in [2.05, 4.69) is 17.1 Å². The van der Waals surface area contributed by atoms with Crippen LogP contribution in [0.1, 0.15) is 113 Å². The lowest BCUT2D eigenvalue weighted by Crippen LogP contribution is -2.49. The highest BCUT2D eigenvalue weighted by Crippen LogP contribution is 2.51. The van der Waals surface area contributed by atoms with Crippen LogP contribution in [-0.4, -0.2) is 40.6 Å². The molecule has 2 bridgehead atoms. The highest BCUT2D eigenvalue weighted by Gasteiger charge is 2.53. The molecule has 2 heterocycles. The van der Waals surface area contributed by atoms with Gasteiger partial charge in [-0.15, -0.1) is 0 Å².